The van der Waals surface area contributed by atoms with Crippen LogP contribution >= 0.6 is 0 Å². The standard InChI is InChI=1S/C9H14O/c1-10-8-7-9-5-3-2-4-6-9/h2-3,5H,4,6-8H2,1H3. The Morgan fingerprint density at radius 1 is 1.60 bits per heavy atom. The van der Waals surface area contributed by atoms with Gasteiger partial charge in [0, 0.05) is 13.7 Å². The normalized spacial score (nSPS) is 17.1. The summed E-state index contributed by atoms with van der Waals surface area (Å²) in [5.41, 5.74) is 1.52. The molecule has 0 saturated heterocycles. The number of rotatable bonds is 3. The Labute approximate surface area is 62.4 Å². The predicted molar refractivity (Wildman–Crippen MR) is 43.0 cm³/mol. The number of allylic oxidation sites excluding steroid dienone is 3. The highest BCUT2D eigenvalue weighted by Crippen LogP contribution is 2.14. The van der Waals surface area contributed by atoms with Crippen molar-refractivity contribution >= 4 is 0 Å². The molecule has 0 aromatic rings. The first-order valence-corrected chi connectivity index (χ1v) is 3.77. The van der Waals surface area contributed by atoms with Gasteiger partial charge in [-0.2, -0.15) is 0 Å². The van der Waals surface area contributed by atoms with Gasteiger partial charge in [0.15, 0.2) is 0 Å². The minimum atomic E-state index is 0.861. The fourth-order valence-corrected chi connectivity index (χ4v) is 1.09. The van der Waals surface area contributed by atoms with Crippen molar-refractivity contribution < 1.29 is 4.74 Å². The maximum atomic E-state index is 4.98. The Balaban J connectivity index is 2.25. The average molecular weight is 138 g/mol. The van der Waals surface area contributed by atoms with E-state index in [1.54, 1.807) is 7.11 Å². The molecule has 0 heterocycles. The topological polar surface area (TPSA) is 9.23 Å². The van der Waals surface area contributed by atoms with Crippen molar-refractivity contribution in [3.63, 3.8) is 0 Å². The maximum absolute atomic E-state index is 4.98. The molecule has 0 spiro atoms. The second-order valence-electron chi connectivity index (χ2n) is 2.53. The minimum Gasteiger partial charge on any atom is -0.384 e. The van der Waals surface area contributed by atoms with Gasteiger partial charge in [0.2, 0.25) is 0 Å². The average Bonchev–Trinajstić information content (AvgIpc) is 2.03. The Morgan fingerprint density at radius 2 is 2.50 bits per heavy atom. The zero-order chi connectivity index (χ0) is 7.23. The van der Waals surface area contributed by atoms with Crippen molar-refractivity contribution in [1.29, 1.82) is 0 Å². The molecule has 0 aromatic carbocycles. The van der Waals surface area contributed by atoms with Crippen LogP contribution in [-0.2, 0) is 4.74 Å². The van der Waals surface area contributed by atoms with E-state index in [4.69, 9.17) is 4.74 Å². The van der Waals surface area contributed by atoms with E-state index in [2.05, 4.69) is 18.2 Å². The van der Waals surface area contributed by atoms with Gasteiger partial charge in [0.05, 0.1) is 0 Å². The highest BCUT2D eigenvalue weighted by molar-refractivity contribution is 5.17. The molecular formula is C9H14O. The van der Waals surface area contributed by atoms with Crippen LogP contribution in [-0.4, -0.2) is 13.7 Å². The summed E-state index contributed by atoms with van der Waals surface area (Å²) in [6.07, 6.45) is 10.1. The summed E-state index contributed by atoms with van der Waals surface area (Å²) in [4.78, 5) is 0. The van der Waals surface area contributed by atoms with Gasteiger partial charge in [-0.1, -0.05) is 23.8 Å². The van der Waals surface area contributed by atoms with Gasteiger partial charge in [0.1, 0.15) is 0 Å². The number of hydrogen-bond acceptors (Lipinski definition) is 1. The molecule has 0 amide bonds. The Bertz CT molecular complexity index is 145. The van der Waals surface area contributed by atoms with Gasteiger partial charge in [-0.3, -0.25) is 0 Å². The summed E-state index contributed by atoms with van der Waals surface area (Å²) in [5, 5.41) is 0. The lowest BCUT2D eigenvalue weighted by molar-refractivity contribution is 0.201. The molecule has 0 aromatic heterocycles. The third-order valence-electron chi connectivity index (χ3n) is 1.73. The number of methoxy groups -OCH3 is 1. The molecule has 1 aliphatic carbocycles. The van der Waals surface area contributed by atoms with Gasteiger partial charge in [-0.05, 0) is 19.3 Å². The lowest BCUT2D eigenvalue weighted by Gasteiger charge is -2.06. The molecule has 0 bridgehead atoms. The van der Waals surface area contributed by atoms with Gasteiger partial charge in [0.25, 0.3) is 0 Å². The van der Waals surface area contributed by atoms with Crippen LogP contribution in [0.2, 0.25) is 0 Å². The summed E-state index contributed by atoms with van der Waals surface area (Å²) >= 11 is 0. The fourth-order valence-electron chi connectivity index (χ4n) is 1.09. The van der Waals surface area contributed by atoms with Crippen LogP contribution in [0.15, 0.2) is 23.8 Å². The second kappa shape index (κ2) is 4.29. The second-order valence-corrected chi connectivity index (χ2v) is 2.53. The predicted octanol–water partition coefficient (Wildman–Crippen LogP) is 2.30. The van der Waals surface area contributed by atoms with Crippen LogP contribution in [0.3, 0.4) is 0 Å². The van der Waals surface area contributed by atoms with Crippen LogP contribution in [0.5, 0.6) is 0 Å². The van der Waals surface area contributed by atoms with Crippen LogP contribution < -0.4 is 0 Å². The Hall–Kier alpha value is -0.560. The van der Waals surface area contributed by atoms with E-state index in [1.807, 2.05) is 0 Å². The minimum absolute atomic E-state index is 0.861. The molecule has 0 atom stereocenters. The molecule has 0 radical (unpaired) electrons. The van der Waals surface area contributed by atoms with E-state index in [-0.39, 0.29) is 0 Å². The molecule has 0 unspecified atom stereocenters. The van der Waals surface area contributed by atoms with Crippen LogP contribution in [0.1, 0.15) is 19.3 Å². The molecule has 1 nitrogen and oxygen atoms in total. The lowest BCUT2D eigenvalue weighted by Crippen LogP contribution is -1.93. The molecule has 1 rings (SSSR count). The smallest absolute Gasteiger partial charge is 0.0499 e. The summed E-state index contributed by atoms with van der Waals surface area (Å²) in [7, 11) is 1.75. The summed E-state index contributed by atoms with van der Waals surface area (Å²) in [6.45, 7) is 0.861. The first-order valence-electron chi connectivity index (χ1n) is 3.77. The summed E-state index contributed by atoms with van der Waals surface area (Å²) in [6, 6.07) is 0. The number of hydrogen-bond donors (Lipinski definition) is 0. The third kappa shape index (κ3) is 2.36. The SMILES string of the molecule is COCCC1=CC=CCC1. The van der Waals surface area contributed by atoms with Crippen molar-refractivity contribution in [3.05, 3.63) is 23.8 Å². The van der Waals surface area contributed by atoms with Gasteiger partial charge < -0.3 is 4.74 Å². The lowest BCUT2D eigenvalue weighted by atomic mass is 10.0. The Morgan fingerprint density at radius 3 is 3.10 bits per heavy atom. The highest BCUT2D eigenvalue weighted by atomic mass is 16.5. The van der Waals surface area contributed by atoms with Crippen molar-refractivity contribution in [2.75, 3.05) is 13.7 Å². The highest BCUT2D eigenvalue weighted by Gasteiger charge is 1.97. The molecule has 0 fully saturated rings. The van der Waals surface area contributed by atoms with Gasteiger partial charge in [-0.15, -0.1) is 0 Å². The zero-order valence-corrected chi connectivity index (χ0v) is 6.47. The monoisotopic (exact) mass is 138 g/mol. The molecule has 1 heteroatoms. The molecular weight excluding hydrogens is 124 g/mol. The van der Waals surface area contributed by atoms with E-state index >= 15 is 0 Å². The van der Waals surface area contributed by atoms with Crippen molar-refractivity contribution in [1.82, 2.24) is 0 Å². The van der Waals surface area contributed by atoms with Crippen molar-refractivity contribution in [2.45, 2.75) is 19.3 Å². The van der Waals surface area contributed by atoms with E-state index < -0.39 is 0 Å². The maximum Gasteiger partial charge on any atom is 0.0499 e. The third-order valence-corrected chi connectivity index (χ3v) is 1.73. The van der Waals surface area contributed by atoms with E-state index in [1.165, 1.54) is 18.4 Å². The van der Waals surface area contributed by atoms with Gasteiger partial charge >= 0.3 is 0 Å². The van der Waals surface area contributed by atoms with Gasteiger partial charge in [-0.25, -0.2) is 0 Å². The molecule has 0 saturated carbocycles. The molecule has 0 aliphatic heterocycles. The largest absolute Gasteiger partial charge is 0.384 e. The summed E-state index contributed by atoms with van der Waals surface area (Å²) < 4.78 is 4.98. The van der Waals surface area contributed by atoms with E-state index in [0.29, 0.717) is 0 Å². The van der Waals surface area contributed by atoms with Crippen LogP contribution in [0.4, 0.5) is 0 Å². The number of ether oxygens (including phenoxy) is 1. The Kier molecular flexibility index (Phi) is 3.23. The first-order chi connectivity index (χ1) is 4.93. The summed E-state index contributed by atoms with van der Waals surface area (Å²) in [5.74, 6) is 0. The molecule has 0 N–H and O–H groups in total. The van der Waals surface area contributed by atoms with Crippen LogP contribution in [0, 0.1) is 0 Å². The quantitative estimate of drug-likeness (QED) is 0.581. The zero-order valence-electron chi connectivity index (χ0n) is 6.47. The van der Waals surface area contributed by atoms with Crippen molar-refractivity contribution in [3.8, 4) is 0 Å². The van der Waals surface area contributed by atoms with Crippen molar-refractivity contribution in [2.24, 2.45) is 0 Å². The van der Waals surface area contributed by atoms with E-state index in [0.717, 1.165) is 13.0 Å². The van der Waals surface area contributed by atoms with E-state index in [9.17, 15) is 0 Å². The fraction of sp³-hybridized carbons (Fsp3) is 0.556. The first kappa shape index (κ1) is 7.55. The molecule has 10 heavy (non-hydrogen) atoms. The molecule has 1 aliphatic rings. The molecule has 56 valence electrons. The van der Waals surface area contributed by atoms with Crippen LogP contribution in [0.25, 0.3) is 0 Å².